The Hall–Kier alpha value is -2.15. The molecule has 1 amide bonds. The SMILES string of the molecule is CN(C)C(=O)CC(=N)Cc1ccc(C#N)cc1. The van der Waals surface area contributed by atoms with E-state index in [9.17, 15) is 4.79 Å². The fourth-order valence-electron chi connectivity index (χ4n) is 1.35. The molecule has 0 aliphatic heterocycles. The summed E-state index contributed by atoms with van der Waals surface area (Å²) in [5.74, 6) is -0.0661. The number of amides is 1. The van der Waals surface area contributed by atoms with Gasteiger partial charge in [0.1, 0.15) is 0 Å². The van der Waals surface area contributed by atoms with Gasteiger partial charge < -0.3 is 10.3 Å². The van der Waals surface area contributed by atoms with Crippen molar-refractivity contribution in [1.82, 2.24) is 4.90 Å². The molecule has 17 heavy (non-hydrogen) atoms. The molecule has 88 valence electrons. The molecule has 0 aliphatic rings. The van der Waals surface area contributed by atoms with Crippen LogP contribution in [0.25, 0.3) is 0 Å². The average Bonchev–Trinajstić information content (AvgIpc) is 2.29. The number of hydrogen-bond acceptors (Lipinski definition) is 3. The maximum Gasteiger partial charge on any atom is 0.227 e. The van der Waals surface area contributed by atoms with E-state index in [0.29, 0.717) is 17.7 Å². The monoisotopic (exact) mass is 229 g/mol. The highest BCUT2D eigenvalue weighted by molar-refractivity contribution is 6.00. The molecule has 0 saturated heterocycles. The Labute approximate surface area is 101 Å². The second kappa shape index (κ2) is 5.80. The number of nitrogens with one attached hydrogen (secondary N) is 1. The highest BCUT2D eigenvalue weighted by atomic mass is 16.2. The number of carbonyl (C=O) groups is 1. The molecule has 0 spiro atoms. The first-order valence-corrected chi connectivity index (χ1v) is 5.28. The molecule has 1 aromatic rings. The normalized spacial score (nSPS) is 9.47. The first-order chi connectivity index (χ1) is 8.02. The predicted octanol–water partition coefficient (Wildman–Crippen LogP) is 1.60. The van der Waals surface area contributed by atoms with Gasteiger partial charge in [-0.15, -0.1) is 0 Å². The van der Waals surface area contributed by atoms with Crippen molar-refractivity contribution in [2.24, 2.45) is 0 Å². The maximum atomic E-state index is 11.4. The molecule has 4 heteroatoms. The van der Waals surface area contributed by atoms with Gasteiger partial charge in [-0.2, -0.15) is 5.26 Å². The minimum absolute atomic E-state index is 0.0661. The van der Waals surface area contributed by atoms with Gasteiger partial charge in [0.25, 0.3) is 0 Å². The Balaban J connectivity index is 2.57. The third kappa shape index (κ3) is 4.07. The van der Waals surface area contributed by atoms with Crippen LogP contribution in [0.5, 0.6) is 0 Å². The van der Waals surface area contributed by atoms with Gasteiger partial charge in [-0.25, -0.2) is 0 Å². The minimum Gasteiger partial charge on any atom is -0.348 e. The molecule has 1 rings (SSSR count). The molecule has 0 heterocycles. The number of nitriles is 1. The van der Waals surface area contributed by atoms with Crippen molar-refractivity contribution in [3.63, 3.8) is 0 Å². The summed E-state index contributed by atoms with van der Waals surface area (Å²) in [7, 11) is 3.36. The predicted molar refractivity (Wildman–Crippen MR) is 65.9 cm³/mol. The summed E-state index contributed by atoms with van der Waals surface area (Å²) in [6, 6.07) is 9.10. The highest BCUT2D eigenvalue weighted by Gasteiger charge is 2.08. The van der Waals surface area contributed by atoms with Crippen molar-refractivity contribution in [3.05, 3.63) is 35.4 Å². The first kappa shape index (κ1) is 12.9. The third-order valence-corrected chi connectivity index (χ3v) is 2.36. The molecule has 0 saturated carbocycles. The molecular formula is C13H15N3O. The van der Waals surface area contributed by atoms with Crippen molar-refractivity contribution in [2.45, 2.75) is 12.8 Å². The lowest BCUT2D eigenvalue weighted by Crippen LogP contribution is -2.24. The molecule has 1 N–H and O–H groups in total. The largest absolute Gasteiger partial charge is 0.348 e. The lowest BCUT2D eigenvalue weighted by molar-refractivity contribution is -0.127. The molecular weight excluding hydrogens is 214 g/mol. The van der Waals surface area contributed by atoms with E-state index < -0.39 is 0 Å². The summed E-state index contributed by atoms with van der Waals surface area (Å²) in [5.41, 5.74) is 1.93. The topological polar surface area (TPSA) is 68.0 Å². The molecule has 0 atom stereocenters. The molecule has 1 aromatic carbocycles. The maximum absolute atomic E-state index is 11.4. The average molecular weight is 229 g/mol. The lowest BCUT2D eigenvalue weighted by atomic mass is 10.0. The zero-order chi connectivity index (χ0) is 12.8. The third-order valence-electron chi connectivity index (χ3n) is 2.36. The first-order valence-electron chi connectivity index (χ1n) is 5.28. The van der Waals surface area contributed by atoms with E-state index in [-0.39, 0.29) is 12.3 Å². The molecule has 0 aliphatic carbocycles. The van der Waals surface area contributed by atoms with E-state index in [0.717, 1.165) is 5.56 Å². The Morgan fingerprint density at radius 1 is 1.35 bits per heavy atom. The van der Waals surface area contributed by atoms with Crippen LogP contribution >= 0.6 is 0 Å². The van der Waals surface area contributed by atoms with Gasteiger partial charge in [-0.05, 0) is 17.7 Å². The van der Waals surface area contributed by atoms with Gasteiger partial charge in [0.05, 0.1) is 18.1 Å². The molecule has 0 bridgehead atoms. The lowest BCUT2D eigenvalue weighted by Gasteiger charge is -2.10. The van der Waals surface area contributed by atoms with E-state index >= 15 is 0 Å². The van der Waals surface area contributed by atoms with Gasteiger partial charge >= 0.3 is 0 Å². The Morgan fingerprint density at radius 2 is 1.94 bits per heavy atom. The smallest absolute Gasteiger partial charge is 0.227 e. The van der Waals surface area contributed by atoms with Crippen molar-refractivity contribution >= 4 is 11.6 Å². The fraction of sp³-hybridized carbons (Fsp3) is 0.308. The Morgan fingerprint density at radius 3 is 2.41 bits per heavy atom. The van der Waals surface area contributed by atoms with Crippen LogP contribution in [-0.4, -0.2) is 30.6 Å². The Kier molecular flexibility index (Phi) is 4.41. The fourth-order valence-corrected chi connectivity index (χ4v) is 1.35. The molecule has 4 nitrogen and oxygen atoms in total. The second-order valence-corrected chi connectivity index (χ2v) is 4.05. The van der Waals surface area contributed by atoms with Crippen LogP contribution in [0.4, 0.5) is 0 Å². The molecule has 0 aromatic heterocycles. The van der Waals surface area contributed by atoms with Gasteiger partial charge in [0, 0.05) is 26.2 Å². The zero-order valence-electron chi connectivity index (χ0n) is 10.0. The summed E-state index contributed by atoms with van der Waals surface area (Å²) < 4.78 is 0. The number of carbonyl (C=O) groups excluding carboxylic acids is 1. The summed E-state index contributed by atoms with van der Waals surface area (Å²) in [5, 5.41) is 16.4. The van der Waals surface area contributed by atoms with Crippen LogP contribution in [0.2, 0.25) is 0 Å². The van der Waals surface area contributed by atoms with E-state index in [4.69, 9.17) is 10.7 Å². The van der Waals surface area contributed by atoms with E-state index in [1.165, 1.54) is 4.90 Å². The van der Waals surface area contributed by atoms with Crippen molar-refractivity contribution in [2.75, 3.05) is 14.1 Å². The van der Waals surface area contributed by atoms with Gasteiger partial charge in [-0.1, -0.05) is 12.1 Å². The second-order valence-electron chi connectivity index (χ2n) is 4.05. The number of rotatable bonds is 4. The number of benzene rings is 1. The van der Waals surface area contributed by atoms with Crippen LogP contribution in [-0.2, 0) is 11.2 Å². The summed E-state index contributed by atoms with van der Waals surface area (Å²) in [6.45, 7) is 0. The van der Waals surface area contributed by atoms with Crippen LogP contribution in [0.15, 0.2) is 24.3 Å². The van der Waals surface area contributed by atoms with Crippen molar-refractivity contribution in [3.8, 4) is 6.07 Å². The molecule has 0 fully saturated rings. The molecule has 0 radical (unpaired) electrons. The van der Waals surface area contributed by atoms with Crippen LogP contribution in [0, 0.1) is 16.7 Å². The van der Waals surface area contributed by atoms with Crippen LogP contribution in [0.1, 0.15) is 17.5 Å². The minimum atomic E-state index is -0.0661. The standard InChI is InChI=1S/C13H15N3O/c1-16(2)13(17)8-12(15)7-10-3-5-11(9-14)6-4-10/h3-6,15H,7-8H2,1-2H3. The van der Waals surface area contributed by atoms with Gasteiger partial charge in [0.2, 0.25) is 5.91 Å². The van der Waals surface area contributed by atoms with Crippen LogP contribution in [0.3, 0.4) is 0 Å². The number of hydrogen-bond donors (Lipinski definition) is 1. The van der Waals surface area contributed by atoms with Gasteiger partial charge in [-0.3, -0.25) is 4.79 Å². The van der Waals surface area contributed by atoms with E-state index in [2.05, 4.69) is 0 Å². The highest BCUT2D eigenvalue weighted by Crippen LogP contribution is 2.06. The van der Waals surface area contributed by atoms with Gasteiger partial charge in [0.15, 0.2) is 0 Å². The zero-order valence-corrected chi connectivity index (χ0v) is 10.0. The summed E-state index contributed by atoms with van der Waals surface area (Å²) in [4.78, 5) is 12.9. The number of nitrogens with zero attached hydrogens (tertiary/aromatic N) is 2. The summed E-state index contributed by atoms with van der Waals surface area (Å²) >= 11 is 0. The van der Waals surface area contributed by atoms with Crippen LogP contribution < -0.4 is 0 Å². The van der Waals surface area contributed by atoms with E-state index in [1.54, 1.807) is 26.2 Å². The Bertz CT molecular complexity index is 455. The van der Waals surface area contributed by atoms with E-state index in [1.807, 2.05) is 18.2 Å². The van der Waals surface area contributed by atoms with Crippen molar-refractivity contribution < 1.29 is 4.79 Å². The summed E-state index contributed by atoms with van der Waals surface area (Å²) in [6.07, 6.45) is 0.596. The molecule has 0 unspecified atom stereocenters. The van der Waals surface area contributed by atoms with Crippen molar-refractivity contribution in [1.29, 1.82) is 10.7 Å². The quantitative estimate of drug-likeness (QED) is 0.797.